The van der Waals surface area contributed by atoms with E-state index in [2.05, 4.69) is 11.8 Å². The predicted octanol–water partition coefficient (Wildman–Crippen LogP) is 2.16. The van der Waals surface area contributed by atoms with Crippen molar-refractivity contribution in [2.75, 3.05) is 6.54 Å². The number of aliphatic hydroxyl groups is 1. The van der Waals surface area contributed by atoms with Crippen molar-refractivity contribution in [3.63, 3.8) is 0 Å². The van der Waals surface area contributed by atoms with Gasteiger partial charge >= 0.3 is 0 Å². The standard InChI is InChI=1S/C12H23NO/c1-2-9-13(10-7-8-10)11-5-3-4-6-12(11)14/h10-12,14H,2-9H2,1H3/t11-,12-/m1/s1. The summed E-state index contributed by atoms with van der Waals surface area (Å²) in [4.78, 5) is 2.59. The highest BCUT2D eigenvalue weighted by Crippen LogP contribution is 2.33. The molecule has 0 aromatic rings. The third-order valence-electron chi connectivity index (χ3n) is 3.62. The van der Waals surface area contributed by atoms with Crippen molar-refractivity contribution in [3.05, 3.63) is 0 Å². The highest BCUT2D eigenvalue weighted by atomic mass is 16.3. The Kier molecular flexibility index (Phi) is 3.45. The second kappa shape index (κ2) is 4.63. The number of hydrogen-bond acceptors (Lipinski definition) is 2. The molecule has 2 heteroatoms. The van der Waals surface area contributed by atoms with Crippen LogP contribution in [0.5, 0.6) is 0 Å². The maximum Gasteiger partial charge on any atom is 0.0695 e. The Balaban J connectivity index is 1.93. The van der Waals surface area contributed by atoms with Gasteiger partial charge in [0.1, 0.15) is 0 Å². The van der Waals surface area contributed by atoms with Crippen LogP contribution in [-0.2, 0) is 0 Å². The lowest BCUT2D eigenvalue weighted by Crippen LogP contribution is -2.46. The van der Waals surface area contributed by atoms with Gasteiger partial charge in [0.25, 0.3) is 0 Å². The second-order valence-corrected chi connectivity index (χ2v) is 4.89. The number of hydrogen-bond donors (Lipinski definition) is 1. The Morgan fingerprint density at radius 3 is 2.43 bits per heavy atom. The Morgan fingerprint density at radius 2 is 1.86 bits per heavy atom. The van der Waals surface area contributed by atoms with Crippen molar-refractivity contribution in [2.45, 2.75) is 70.1 Å². The first-order chi connectivity index (χ1) is 6.83. The number of rotatable bonds is 4. The van der Waals surface area contributed by atoms with E-state index in [1.165, 1.54) is 45.1 Å². The zero-order valence-corrected chi connectivity index (χ0v) is 9.28. The summed E-state index contributed by atoms with van der Waals surface area (Å²) in [5.41, 5.74) is 0. The molecular formula is C12H23NO. The van der Waals surface area contributed by atoms with Gasteiger partial charge < -0.3 is 5.11 Å². The van der Waals surface area contributed by atoms with Gasteiger partial charge in [-0.1, -0.05) is 19.8 Å². The van der Waals surface area contributed by atoms with Crippen molar-refractivity contribution in [1.82, 2.24) is 4.90 Å². The largest absolute Gasteiger partial charge is 0.391 e. The topological polar surface area (TPSA) is 23.5 Å². The highest BCUT2D eigenvalue weighted by molar-refractivity contribution is 4.92. The molecule has 0 heterocycles. The van der Waals surface area contributed by atoms with Crippen LogP contribution in [0.4, 0.5) is 0 Å². The van der Waals surface area contributed by atoms with Gasteiger partial charge in [0.2, 0.25) is 0 Å². The summed E-state index contributed by atoms with van der Waals surface area (Å²) in [6.45, 7) is 3.43. The average Bonchev–Trinajstić information content (AvgIpc) is 2.99. The molecule has 0 saturated heterocycles. The molecule has 82 valence electrons. The first kappa shape index (κ1) is 10.4. The predicted molar refractivity (Wildman–Crippen MR) is 58.3 cm³/mol. The molecule has 0 unspecified atom stereocenters. The van der Waals surface area contributed by atoms with Gasteiger partial charge in [-0.05, 0) is 38.6 Å². The first-order valence-electron chi connectivity index (χ1n) is 6.26. The Hall–Kier alpha value is -0.0800. The van der Waals surface area contributed by atoms with Crippen LogP contribution in [0.15, 0.2) is 0 Å². The Labute approximate surface area is 87.3 Å². The van der Waals surface area contributed by atoms with Gasteiger partial charge in [0.05, 0.1) is 6.10 Å². The molecule has 0 bridgehead atoms. The van der Waals surface area contributed by atoms with Crippen molar-refractivity contribution in [2.24, 2.45) is 0 Å². The zero-order valence-electron chi connectivity index (χ0n) is 9.28. The molecule has 2 aliphatic carbocycles. The molecule has 2 nitrogen and oxygen atoms in total. The van der Waals surface area contributed by atoms with Crippen molar-refractivity contribution in [1.29, 1.82) is 0 Å². The highest BCUT2D eigenvalue weighted by Gasteiger charge is 2.37. The fourth-order valence-electron chi connectivity index (χ4n) is 2.76. The SMILES string of the molecule is CCCN(C1CC1)[C@@H]1CCCC[C@H]1O. The van der Waals surface area contributed by atoms with Crippen LogP contribution in [-0.4, -0.2) is 34.7 Å². The molecule has 2 saturated carbocycles. The molecule has 0 aromatic heterocycles. The third-order valence-corrected chi connectivity index (χ3v) is 3.62. The van der Waals surface area contributed by atoms with Gasteiger partial charge in [-0.15, -0.1) is 0 Å². The molecule has 1 N–H and O–H groups in total. The third kappa shape index (κ3) is 2.29. The lowest BCUT2D eigenvalue weighted by molar-refractivity contribution is 0.0154. The van der Waals surface area contributed by atoms with Crippen LogP contribution < -0.4 is 0 Å². The molecule has 0 aromatic carbocycles. The lowest BCUT2D eigenvalue weighted by Gasteiger charge is -2.37. The lowest BCUT2D eigenvalue weighted by atomic mass is 9.91. The van der Waals surface area contributed by atoms with E-state index in [9.17, 15) is 5.11 Å². The van der Waals surface area contributed by atoms with E-state index in [1.54, 1.807) is 0 Å². The van der Waals surface area contributed by atoms with Crippen molar-refractivity contribution in [3.8, 4) is 0 Å². The smallest absolute Gasteiger partial charge is 0.0695 e. The summed E-state index contributed by atoms with van der Waals surface area (Å²) in [5, 5.41) is 10.0. The summed E-state index contributed by atoms with van der Waals surface area (Å²) in [5.74, 6) is 0. The molecule has 2 rings (SSSR count). The quantitative estimate of drug-likeness (QED) is 0.746. The van der Waals surface area contributed by atoms with Crippen LogP contribution in [0.2, 0.25) is 0 Å². The number of nitrogens with zero attached hydrogens (tertiary/aromatic N) is 1. The second-order valence-electron chi connectivity index (χ2n) is 4.89. The zero-order chi connectivity index (χ0) is 9.97. The van der Waals surface area contributed by atoms with E-state index in [1.807, 2.05) is 0 Å². The first-order valence-corrected chi connectivity index (χ1v) is 6.26. The van der Waals surface area contributed by atoms with Crippen LogP contribution >= 0.6 is 0 Å². The summed E-state index contributed by atoms with van der Waals surface area (Å²) in [6, 6.07) is 1.30. The van der Waals surface area contributed by atoms with Gasteiger partial charge in [-0.25, -0.2) is 0 Å². The van der Waals surface area contributed by atoms with Crippen LogP contribution in [0.3, 0.4) is 0 Å². The van der Waals surface area contributed by atoms with Gasteiger partial charge in [-0.2, -0.15) is 0 Å². The molecule has 14 heavy (non-hydrogen) atoms. The van der Waals surface area contributed by atoms with E-state index in [-0.39, 0.29) is 6.10 Å². The summed E-state index contributed by atoms with van der Waals surface area (Å²) < 4.78 is 0. The fraction of sp³-hybridized carbons (Fsp3) is 1.00. The van der Waals surface area contributed by atoms with E-state index >= 15 is 0 Å². The molecule has 2 aliphatic rings. The molecule has 0 radical (unpaired) electrons. The molecule has 0 amide bonds. The molecule has 0 spiro atoms. The minimum Gasteiger partial charge on any atom is -0.391 e. The van der Waals surface area contributed by atoms with Crippen molar-refractivity contribution >= 4 is 0 Å². The van der Waals surface area contributed by atoms with E-state index < -0.39 is 0 Å². The van der Waals surface area contributed by atoms with Crippen LogP contribution in [0.25, 0.3) is 0 Å². The average molecular weight is 197 g/mol. The normalized spacial score (nSPS) is 33.6. The van der Waals surface area contributed by atoms with Crippen molar-refractivity contribution < 1.29 is 5.11 Å². The van der Waals surface area contributed by atoms with E-state index in [0.29, 0.717) is 6.04 Å². The Morgan fingerprint density at radius 1 is 1.14 bits per heavy atom. The summed E-state index contributed by atoms with van der Waals surface area (Å²) in [6.07, 6.45) is 8.69. The van der Waals surface area contributed by atoms with Gasteiger partial charge in [-0.3, -0.25) is 4.90 Å². The van der Waals surface area contributed by atoms with Gasteiger partial charge in [0.15, 0.2) is 0 Å². The monoisotopic (exact) mass is 197 g/mol. The Bertz CT molecular complexity index is 177. The van der Waals surface area contributed by atoms with Gasteiger partial charge in [0, 0.05) is 12.1 Å². The molecule has 2 atom stereocenters. The van der Waals surface area contributed by atoms with E-state index in [0.717, 1.165) is 12.5 Å². The minimum absolute atomic E-state index is 0.0455. The van der Waals surface area contributed by atoms with Crippen LogP contribution in [0, 0.1) is 0 Å². The molecular weight excluding hydrogens is 174 g/mol. The number of aliphatic hydroxyl groups excluding tert-OH is 1. The maximum absolute atomic E-state index is 10.0. The summed E-state index contributed by atoms with van der Waals surface area (Å²) in [7, 11) is 0. The van der Waals surface area contributed by atoms with Crippen LogP contribution in [0.1, 0.15) is 51.9 Å². The van der Waals surface area contributed by atoms with E-state index in [4.69, 9.17) is 0 Å². The fourth-order valence-corrected chi connectivity index (χ4v) is 2.76. The molecule has 2 fully saturated rings. The molecule has 0 aliphatic heterocycles. The minimum atomic E-state index is -0.0455. The summed E-state index contributed by atoms with van der Waals surface area (Å²) >= 11 is 0. The maximum atomic E-state index is 10.0.